The monoisotopic (exact) mass is 424 g/mol. The van der Waals surface area contributed by atoms with E-state index in [2.05, 4.69) is 11.0 Å². The molecule has 0 aliphatic carbocycles. The number of benzene rings is 2. The van der Waals surface area contributed by atoms with Gasteiger partial charge in [0, 0.05) is 44.9 Å². The van der Waals surface area contributed by atoms with Crippen molar-refractivity contribution in [1.82, 2.24) is 9.80 Å². The molecule has 3 heterocycles. The smallest absolute Gasteiger partial charge is 0.253 e. The van der Waals surface area contributed by atoms with Gasteiger partial charge in [-0.2, -0.15) is 0 Å². The van der Waals surface area contributed by atoms with Gasteiger partial charge in [0.05, 0.1) is 6.10 Å². The van der Waals surface area contributed by atoms with Crippen LogP contribution >= 0.6 is 0 Å². The molecule has 164 valence electrons. The molecule has 0 N–H and O–H groups in total. The third kappa shape index (κ3) is 4.78. The number of piperazine rings is 1. The molecule has 2 saturated heterocycles. The van der Waals surface area contributed by atoms with Crippen LogP contribution in [0.1, 0.15) is 28.8 Å². The first-order chi connectivity index (χ1) is 15.2. The zero-order valence-corrected chi connectivity index (χ0v) is 17.6. The van der Waals surface area contributed by atoms with Crippen LogP contribution in [0.15, 0.2) is 42.5 Å². The van der Waals surface area contributed by atoms with Gasteiger partial charge in [-0.1, -0.05) is 6.07 Å². The zero-order chi connectivity index (χ0) is 21.0. The molecule has 0 bridgehead atoms. The molecule has 1 amide bonds. The molecule has 0 saturated carbocycles. The summed E-state index contributed by atoms with van der Waals surface area (Å²) in [5.41, 5.74) is 1.90. The molecule has 0 spiro atoms. The molecule has 31 heavy (non-hydrogen) atoms. The molecular weight excluding hydrogens is 396 g/mol. The number of rotatable bonds is 6. The molecule has 2 aromatic rings. The predicted molar refractivity (Wildman–Crippen MR) is 115 cm³/mol. The fraction of sp³-hybridized carbons (Fsp3) is 0.458. The summed E-state index contributed by atoms with van der Waals surface area (Å²) in [4.78, 5) is 17.2. The minimum atomic E-state index is 0.0772. The van der Waals surface area contributed by atoms with Crippen LogP contribution in [0.4, 0.5) is 0 Å². The van der Waals surface area contributed by atoms with Crippen molar-refractivity contribution in [1.29, 1.82) is 0 Å². The minimum Gasteiger partial charge on any atom is -0.491 e. The first-order valence-electron chi connectivity index (χ1n) is 11.0. The van der Waals surface area contributed by atoms with Crippen molar-refractivity contribution < 1.29 is 23.7 Å². The standard InChI is InChI=1S/C24H28N2O5/c27-24(19-4-6-20(7-5-19)29-16-21-2-1-13-28-21)26-11-9-25(10-12-26)15-18-3-8-22-23(14-18)31-17-30-22/h3-8,14,21H,1-2,9-13,15-17H2/t21-/m0/s1. The van der Waals surface area contributed by atoms with Crippen molar-refractivity contribution in [3.05, 3.63) is 53.6 Å². The Morgan fingerprint density at radius 3 is 2.58 bits per heavy atom. The van der Waals surface area contributed by atoms with Gasteiger partial charge in [0.2, 0.25) is 6.79 Å². The molecule has 2 aromatic carbocycles. The Morgan fingerprint density at radius 1 is 1.00 bits per heavy atom. The Labute approximate surface area is 182 Å². The lowest BCUT2D eigenvalue weighted by Gasteiger charge is -2.34. The molecule has 2 fully saturated rings. The summed E-state index contributed by atoms with van der Waals surface area (Å²) in [5, 5.41) is 0. The second kappa shape index (κ2) is 9.16. The van der Waals surface area contributed by atoms with E-state index in [9.17, 15) is 4.79 Å². The Balaban J connectivity index is 1.10. The summed E-state index contributed by atoms with van der Waals surface area (Å²) in [6, 6.07) is 13.5. The van der Waals surface area contributed by atoms with Gasteiger partial charge in [0.25, 0.3) is 5.91 Å². The summed E-state index contributed by atoms with van der Waals surface area (Å²) in [7, 11) is 0. The number of amides is 1. The van der Waals surface area contributed by atoms with Gasteiger partial charge in [0.1, 0.15) is 12.4 Å². The molecule has 3 aliphatic rings. The lowest BCUT2D eigenvalue weighted by Crippen LogP contribution is -2.48. The summed E-state index contributed by atoms with van der Waals surface area (Å²) in [6.45, 7) is 5.67. The number of ether oxygens (including phenoxy) is 4. The first kappa shape index (κ1) is 20.2. The fourth-order valence-corrected chi connectivity index (χ4v) is 4.25. The number of nitrogens with zero attached hydrogens (tertiary/aromatic N) is 2. The number of fused-ring (bicyclic) bond motifs is 1. The SMILES string of the molecule is O=C(c1ccc(OC[C@@H]2CCCO2)cc1)N1CCN(Cc2ccc3c(c2)OCO3)CC1. The van der Waals surface area contributed by atoms with E-state index in [1.807, 2.05) is 41.3 Å². The normalized spacial score (nSPS) is 20.8. The molecule has 1 atom stereocenters. The second-order valence-corrected chi connectivity index (χ2v) is 8.23. The van der Waals surface area contributed by atoms with Crippen molar-refractivity contribution >= 4 is 5.91 Å². The number of hydrogen-bond donors (Lipinski definition) is 0. The van der Waals surface area contributed by atoms with Gasteiger partial charge < -0.3 is 23.8 Å². The van der Waals surface area contributed by atoms with Crippen molar-refractivity contribution in [3.63, 3.8) is 0 Å². The van der Waals surface area contributed by atoms with Gasteiger partial charge in [0.15, 0.2) is 11.5 Å². The Bertz CT molecular complexity index is 903. The molecule has 0 unspecified atom stereocenters. The van der Waals surface area contributed by atoms with E-state index in [4.69, 9.17) is 18.9 Å². The maximum Gasteiger partial charge on any atom is 0.253 e. The minimum absolute atomic E-state index is 0.0772. The Hall–Kier alpha value is -2.77. The number of carbonyl (C=O) groups is 1. The highest BCUT2D eigenvalue weighted by atomic mass is 16.7. The highest BCUT2D eigenvalue weighted by Crippen LogP contribution is 2.32. The summed E-state index contributed by atoms with van der Waals surface area (Å²) < 4.78 is 22.2. The number of hydrogen-bond acceptors (Lipinski definition) is 6. The van der Waals surface area contributed by atoms with E-state index in [0.29, 0.717) is 19.0 Å². The second-order valence-electron chi connectivity index (χ2n) is 8.23. The molecular formula is C24H28N2O5. The topological polar surface area (TPSA) is 60.5 Å². The van der Waals surface area contributed by atoms with Crippen LogP contribution in [-0.4, -0.2) is 68.0 Å². The Morgan fingerprint density at radius 2 is 1.81 bits per heavy atom. The fourth-order valence-electron chi connectivity index (χ4n) is 4.25. The molecule has 3 aliphatic heterocycles. The van der Waals surface area contributed by atoms with E-state index in [-0.39, 0.29) is 12.0 Å². The van der Waals surface area contributed by atoms with Crippen LogP contribution in [0.25, 0.3) is 0 Å². The van der Waals surface area contributed by atoms with Gasteiger partial charge in [-0.3, -0.25) is 9.69 Å². The summed E-state index contributed by atoms with van der Waals surface area (Å²) >= 11 is 0. The van der Waals surface area contributed by atoms with E-state index in [0.717, 1.165) is 69.4 Å². The molecule has 0 radical (unpaired) electrons. The highest BCUT2D eigenvalue weighted by Gasteiger charge is 2.23. The van der Waals surface area contributed by atoms with E-state index >= 15 is 0 Å². The molecule has 7 nitrogen and oxygen atoms in total. The van der Waals surface area contributed by atoms with Gasteiger partial charge >= 0.3 is 0 Å². The van der Waals surface area contributed by atoms with Gasteiger partial charge in [-0.15, -0.1) is 0 Å². The van der Waals surface area contributed by atoms with E-state index in [1.54, 1.807) is 0 Å². The van der Waals surface area contributed by atoms with E-state index < -0.39 is 0 Å². The van der Waals surface area contributed by atoms with Crippen LogP contribution in [0.3, 0.4) is 0 Å². The first-order valence-corrected chi connectivity index (χ1v) is 11.0. The maximum absolute atomic E-state index is 12.9. The van der Waals surface area contributed by atoms with Crippen molar-refractivity contribution in [2.24, 2.45) is 0 Å². The summed E-state index contributed by atoms with van der Waals surface area (Å²) in [6.07, 6.45) is 2.35. The van der Waals surface area contributed by atoms with E-state index in [1.165, 1.54) is 5.56 Å². The largest absolute Gasteiger partial charge is 0.491 e. The van der Waals surface area contributed by atoms with Crippen LogP contribution in [0.2, 0.25) is 0 Å². The predicted octanol–water partition coefficient (Wildman–Crippen LogP) is 2.93. The molecule has 5 rings (SSSR count). The number of carbonyl (C=O) groups excluding carboxylic acids is 1. The van der Waals surface area contributed by atoms with Gasteiger partial charge in [-0.05, 0) is 54.8 Å². The van der Waals surface area contributed by atoms with Crippen LogP contribution in [0, 0.1) is 0 Å². The van der Waals surface area contributed by atoms with Gasteiger partial charge in [-0.25, -0.2) is 0 Å². The van der Waals surface area contributed by atoms with Crippen LogP contribution in [-0.2, 0) is 11.3 Å². The average Bonchev–Trinajstić information content (AvgIpc) is 3.50. The highest BCUT2D eigenvalue weighted by molar-refractivity contribution is 5.94. The van der Waals surface area contributed by atoms with Crippen molar-refractivity contribution in [2.75, 3.05) is 46.2 Å². The van der Waals surface area contributed by atoms with Crippen molar-refractivity contribution in [3.8, 4) is 17.2 Å². The molecule has 7 heteroatoms. The van der Waals surface area contributed by atoms with Crippen molar-refractivity contribution in [2.45, 2.75) is 25.5 Å². The lowest BCUT2D eigenvalue weighted by atomic mass is 10.1. The lowest BCUT2D eigenvalue weighted by molar-refractivity contribution is 0.0627. The maximum atomic E-state index is 12.9. The third-order valence-corrected chi connectivity index (χ3v) is 6.06. The Kier molecular flexibility index (Phi) is 5.95. The third-order valence-electron chi connectivity index (χ3n) is 6.06. The zero-order valence-electron chi connectivity index (χ0n) is 17.6. The van der Waals surface area contributed by atoms with Crippen LogP contribution in [0.5, 0.6) is 17.2 Å². The molecule has 0 aromatic heterocycles. The van der Waals surface area contributed by atoms with Crippen LogP contribution < -0.4 is 14.2 Å². The quantitative estimate of drug-likeness (QED) is 0.711. The average molecular weight is 424 g/mol. The summed E-state index contributed by atoms with van der Waals surface area (Å²) in [5.74, 6) is 2.48.